The fourth-order valence-electron chi connectivity index (χ4n) is 1.51. The van der Waals surface area contributed by atoms with Crippen molar-refractivity contribution in [3.05, 3.63) is 35.4 Å². The molecule has 0 amide bonds. The number of hydrogen-bond acceptors (Lipinski definition) is 1. The minimum absolute atomic E-state index is 0.572. The standard InChI is InChI=1S/C13H21N/c1-10(2)14-9-12(4)13-7-5-6-11(3)8-13/h5-8,10,12,14H,9H2,1-4H3. The van der Waals surface area contributed by atoms with Gasteiger partial charge in [-0.25, -0.2) is 0 Å². The van der Waals surface area contributed by atoms with E-state index in [9.17, 15) is 0 Å². The second-order valence-electron chi connectivity index (χ2n) is 4.38. The van der Waals surface area contributed by atoms with Crippen LogP contribution in [0.4, 0.5) is 0 Å². The third kappa shape index (κ3) is 3.51. The Kier molecular flexibility index (Phi) is 4.15. The molecule has 0 saturated heterocycles. The third-order valence-corrected chi connectivity index (χ3v) is 2.44. The van der Waals surface area contributed by atoms with E-state index >= 15 is 0 Å². The fourth-order valence-corrected chi connectivity index (χ4v) is 1.51. The Morgan fingerprint density at radius 1 is 1.21 bits per heavy atom. The van der Waals surface area contributed by atoms with E-state index in [1.54, 1.807) is 0 Å². The molecule has 1 aromatic carbocycles. The molecule has 0 heterocycles. The van der Waals surface area contributed by atoms with Gasteiger partial charge in [-0.1, -0.05) is 50.6 Å². The molecule has 0 saturated carbocycles. The van der Waals surface area contributed by atoms with Gasteiger partial charge in [-0.2, -0.15) is 0 Å². The molecule has 1 unspecified atom stereocenters. The molecule has 1 N–H and O–H groups in total. The fraction of sp³-hybridized carbons (Fsp3) is 0.538. The van der Waals surface area contributed by atoms with Gasteiger partial charge in [0, 0.05) is 12.6 Å². The van der Waals surface area contributed by atoms with E-state index in [0.717, 1.165) is 6.54 Å². The minimum atomic E-state index is 0.572. The first-order valence-electron chi connectivity index (χ1n) is 5.39. The van der Waals surface area contributed by atoms with Crippen molar-refractivity contribution in [2.75, 3.05) is 6.54 Å². The number of rotatable bonds is 4. The zero-order valence-corrected chi connectivity index (χ0v) is 9.67. The number of hydrogen-bond donors (Lipinski definition) is 1. The van der Waals surface area contributed by atoms with Crippen molar-refractivity contribution in [1.82, 2.24) is 5.32 Å². The van der Waals surface area contributed by atoms with Crippen LogP contribution in [0.15, 0.2) is 24.3 Å². The Morgan fingerprint density at radius 2 is 1.93 bits per heavy atom. The van der Waals surface area contributed by atoms with Crippen molar-refractivity contribution >= 4 is 0 Å². The highest BCUT2D eigenvalue weighted by atomic mass is 14.9. The van der Waals surface area contributed by atoms with Gasteiger partial charge in [0.1, 0.15) is 0 Å². The first-order chi connectivity index (χ1) is 6.59. The Balaban J connectivity index is 2.56. The summed E-state index contributed by atoms with van der Waals surface area (Å²) in [5.41, 5.74) is 2.78. The van der Waals surface area contributed by atoms with Crippen LogP contribution in [-0.2, 0) is 0 Å². The molecular weight excluding hydrogens is 170 g/mol. The van der Waals surface area contributed by atoms with Crippen LogP contribution < -0.4 is 5.32 Å². The maximum atomic E-state index is 3.46. The van der Waals surface area contributed by atoms with E-state index in [1.807, 2.05) is 0 Å². The summed E-state index contributed by atoms with van der Waals surface area (Å²) in [6.45, 7) is 9.84. The van der Waals surface area contributed by atoms with E-state index in [2.05, 4.69) is 57.3 Å². The van der Waals surface area contributed by atoms with Crippen molar-refractivity contribution < 1.29 is 0 Å². The Bertz CT molecular complexity index is 278. The topological polar surface area (TPSA) is 12.0 Å². The molecule has 0 bridgehead atoms. The molecule has 1 atom stereocenters. The molecular formula is C13H21N. The molecule has 0 radical (unpaired) electrons. The van der Waals surface area contributed by atoms with E-state index in [0.29, 0.717) is 12.0 Å². The molecule has 14 heavy (non-hydrogen) atoms. The summed E-state index contributed by atoms with van der Waals surface area (Å²) in [7, 11) is 0. The van der Waals surface area contributed by atoms with Gasteiger partial charge in [0.25, 0.3) is 0 Å². The largest absolute Gasteiger partial charge is 0.314 e. The lowest BCUT2D eigenvalue weighted by atomic mass is 9.99. The summed E-state index contributed by atoms with van der Waals surface area (Å²) in [4.78, 5) is 0. The minimum Gasteiger partial charge on any atom is -0.314 e. The van der Waals surface area contributed by atoms with Gasteiger partial charge >= 0.3 is 0 Å². The maximum Gasteiger partial charge on any atom is 0.00198 e. The van der Waals surface area contributed by atoms with Gasteiger partial charge in [-0.15, -0.1) is 0 Å². The van der Waals surface area contributed by atoms with Crippen LogP contribution in [0.2, 0.25) is 0 Å². The van der Waals surface area contributed by atoms with Crippen molar-refractivity contribution in [2.24, 2.45) is 0 Å². The molecule has 0 fully saturated rings. The molecule has 1 nitrogen and oxygen atoms in total. The third-order valence-electron chi connectivity index (χ3n) is 2.44. The highest BCUT2D eigenvalue weighted by molar-refractivity contribution is 5.25. The SMILES string of the molecule is Cc1cccc(C(C)CNC(C)C)c1. The first kappa shape index (κ1) is 11.3. The smallest absolute Gasteiger partial charge is 0.00198 e. The predicted octanol–water partition coefficient (Wildman–Crippen LogP) is 3.10. The lowest BCUT2D eigenvalue weighted by Gasteiger charge is -2.15. The average Bonchev–Trinajstić information content (AvgIpc) is 2.14. The monoisotopic (exact) mass is 191 g/mol. The van der Waals surface area contributed by atoms with Crippen LogP contribution >= 0.6 is 0 Å². The zero-order valence-electron chi connectivity index (χ0n) is 9.67. The molecule has 0 aliphatic heterocycles. The van der Waals surface area contributed by atoms with Crippen molar-refractivity contribution in [2.45, 2.75) is 39.7 Å². The lowest BCUT2D eigenvalue weighted by Crippen LogP contribution is -2.26. The molecule has 0 aliphatic carbocycles. The van der Waals surface area contributed by atoms with Gasteiger partial charge in [0.15, 0.2) is 0 Å². The average molecular weight is 191 g/mol. The van der Waals surface area contributed by atoms with Crippen molar-refractivity contribution in [1.29, 1.82) is 0 Å². The normalized spacial score (nSPS) is 13.2. The van der Waals surface area contributed by atoms with E-state index in [4.69, 9.17) is 0 Å². The highest BCUT2D eigenvalue weighted by Crippen LogP contribution is 2.15. The van der Waals surface area contributed by atoms with Gasteiger partial charge < -0.3 is 5.32 Å². The summed E-state index contributed by atoms with van der Waals surface area (Å²) < 4.78 is 0. The predicted molar refractivity (Wildman–Crippen MR) is 62.7 cm³/mol. The molecule has 1 heteroatoms. The Hall–Kier alpha value is -0.820. The van der Waals surface area contributed by atoms with Crippen LogP contribution in [-0.4, -0.2) is 12.6 Å². The van der Waals surface area contributed by atoms with Crippen molar-refractivity contribution in [3.63, 3.8) is 0 Å². The van der Waals surface area contributed by atoms with E-state index in [-0.39, 0.29) is 0 Å². The van der Waals surface area contributed by atoms with Crippen LogP contribution in [0.1, 0.15) is 37.8 Å². The summed E-state index contributed by atoms with van der Waals surface area (Å²) in [5, 5.41) is 3.46. The van der Waals surface area contributed by atoms with E-state index in [1.165, 1.54) is 11.1 Å². The number of benzene rings is 1. The van der Waals surface area contributed by atoms with E-state index < -0.39 is 0 Å². The Labute approximate surface area is 87.5 Å². The lowest BCUT2D eigenvalue weighted by molar-refractivity contribution is 0.548. The molecule has 1 aromatic rings. The maximum absolute atomic E-state index is 3.46. The molecule has 0 spiro atoms. The van der Waals surface area contributed by atoms with Crippen LogP contribution in [0.3, 0.4) is 0 Å². The molecule has 78 valence electrons. The van der Waals surface area contributed by atoms with Crippen LogP contribution in [0.5, 0.6) is 0 Å². The van der Waals surface area contributed by atoms with Crippen LogP contribution in [0, 0.1) is 6.92 Å². The highest BCUT2D eigenvalue weighted by Gasteiger charge is 2.05. The Morgan fingerprint density at radius 3 is 2.50 bits per heavy atom. The summed E-state index contributed by atoms with van der Waals surface area (Å²) in [5.74, 6) is 0.595. The molecule has 1 rings (SSSR count). The van der Waals surface area contributed by atoms with Gasteiger partial charge in [-0.05, 0) is 18.4 Å². The first-order valence-corrected chi connectivity index (χ1v) is 5.39. The van der Waals surface area contributed by atoms with Crippen molar-refractivity contribution in [3.8, 4) is 0 Å². The van der Waals surface area contributed by atoms with Gasteiger partial charge in [-0.3, -0.25) is 0 Å². The van der Waals surface area contributed by atoms with Gasteiger partial charge in [0.2, 0.25) is 0 Å². The number of nitrogens with one attached hydrogen (secondary N) is 1. The quantitative estimate of drug-likeness (QED) is 0.771. The molecule has 0 aliphatic rings. The summed E-state index contributed by atoms with van der Waals surface area (Å²) in [6, 6.07) is 9.33. The summed E-state index contributed by atoms with van der Waals surface area (Å²) in [6.07, 6.45) is 0. The summed E-state index contributed by atoms with van der Waals surface area (Å²) >= 11 is 0. The number of aryl methyl sites for hydroxylation is 1. The molecule has 0 aromatic heterocycles. The zero-order chi connectivity index (χ0) is 10.6. The second kappa shape index (κ2) is 5.16. The van der Waals surface area contributed by atoms with Crippen LogP contribution in [0.25, 0.3) is 0 Å². The second-order valence-corrected chi connectivity index (χ2v) is 4.38. The van der Waals surface area contributed by atoms with Gasteiger partial charge in [0.05, 0.1) is 0 Å².